The number of aromatic nitrogens is 1. The number of rotatable bonds is 6. The van der Waals surface area contributed by atoms with E-state index in [1.54, 1.807) is 35.6 Å². The molecule has 0 fully saturated rings. The summed E-state index contributed by atoms with van der Waals surface area (Å²) in [6, 6.07) is 15.1. The number of hydrogen-bond donors (Lipinski definition) is 2. The van der Waals surface area contributed by atoms with Crippen LogP contribution in [0.4, 0.5) is 14.5 Å². The van der Waals surface area contributed by atoms with Crippen molar-refractivity contribution in [2.75, 3.05) is 11.9 Å². The maximum absolute atomic E-state index is 13.8. The Hall–Kier alpha value is -2.77. The summed E-state index contributed by atoms with van der Waals surface area (Å²) in [6.45, 7) is 3.29. The third kappa shape index (κ3) is 4.68. The molecule has 0 aliphatic rings. The van der Waals surface area contributed by atoms with E-state index in [1.807, 2.05) is 18.4 Å². The fourth-order valence-electron chi connectivity index (χ4n) is 3.54. The van der Waals surface area contributed by atoms with Crippen molar-refractivity contribution in [2.45, 2.75) is 19.9 Å². The number of benzene rings is 2. The molecule has 0 bridgehead atoms. The Morgan fingerprint density at radius 2 is 1.93 bits per heavy atom. The lowest BCUT2D eigenvalue weighted by Crippen LogP contribution is -2.35. The van der Waals surface area contributed by atoms with Crippen LogP contribution >= 0.6 is 23.6 Å². The lowest BCUT2D eigenvalue weighted by Gasteiger charge is -2.25. The van der Waals surface area contributed by atoms with Crippen LogP contribution in [-0.4, -0.2) is 21.5 Å². The quantitative estimate of drug-likeness (QED) is 0.346. The fourth-order valence-corrected chi connectivity index (χ4v) is 4.53. The van der Waals surface area contributed by atoms with Crippen molar-refractivity contribution < 1.29 is 8.78 Å². The van der Waals surface area contributed by atoms with E-state index < -0.39 is 0 Å². The van der Waals surface area contributed by atoms with Crippen LogP contribution in [-0.2, 0) is 13.0 Å². The largest absolute Gasteiger partial charge is 0.358 e. The molecule has 0 spiro atoms. The Morgan fingerprint density at radius 1 is 1.10 bits per heavy atom. The first-order valence-electron chi connectivity index (χ1n) is 9.60. The minimum Gasteiger partial charge on any atom is -0.358 e. The zero-order valence-corrected chi connectivity index (χ0v) is 18.0. The summed E-state index contributed by atoms with van der Waals surface area (Å²) in [5, 5.41) is 6.59. The van der Waals surface area contributed by atoms with Crippen LogP contribution in [0.25, 0.3) is 10.9 Å². The average Bonchev–Trinajstić information content (AvgIpc) is 3.32. The highest BCUT2D eigenvalue weighted by atomic mass is 32.1. The maximum atomic E-state index is 13.8. The second kappa shape index (κ2) is 8.93. The first-order chi connectivity index (χ1) is 14.5. The van der Waals surface area contributed by atoms with Crippen molar-refractivity contribution in [3.63, 3.8) is 0 Å². The van der Waals surface area contributed by atoms with E-state index in [0.717, 1.165) is 22.2 Å². The van der Waals surface area contributed by atoms with E-state index in [-0.39, 0.29) is 11.6 Å². The van der Waals surface area contributed by atoms with E-state index in [9.17, 15) is 8.78 Å². The Balaban J connectivity index is 1.55. The molecule has 0 aliphatic carbocycles. The van der Waals surface area contributed by atoms with Crippen LogP contribution in [0.5, 0.6) is 0 Å². The lowest BCUT2D eigenvalue weighted by atomic mass is 10.1. The smallest absolute Gasteiger partial charge is 0.173 e. The predicted octanol–water partition coefficient (Wildman–Crippen LogP) is 6.26. The molecule has 7 heteroatoms. The molecule has 4 aromatic rings. The summed E-state index contributed by atoms with van der Waals surface area (Å²) >= 11 is 7.31. The first-order valence-corrected chi connectivity index (χ1v) is 10.9. The normalized spacial score (nSPS) is 11.0. The number of nitrogens with zero attached hydrogens (tertiary/aromatic N) is 1. The second-order valence-corrected chi connectivity index (χ2v) is 8.53. The number of fused-ring (bicyclic) bond motifs is 1. The zero-order chi connectivity index (χ0) is 21.1. The topological polar surface area (TPSA) is 31.1 Å². The van der Waals surface area contributed by atoms with E-state index in [2.05, 4.69) is 21.3 Å². The van der Waals surface area contributed by atoms with Crippen molar-refractivity contribution in [3.05, 3.63) is 87.7 Å². The number of hydrogen-bond acceptors (Lipinski definition) is 2. The van der Waals surface area contributed by atoms with Gasteiger partial charge in [0.05, 0.1) is 6.54 Å². The van der Waals surface area contributed by atoms with E-state index in [1.165, 1.54) is 23.1 Å². The standard InChI is InChI=1S/C23H21F2N3S2/c1-15-20(21-13-17(25)7-8-22(21)26-15)9-10-28(14-19-6-3-11-30-19)23(29)27-18-5-2-4-16(24)12-18/h2-8,11-13,26H,9-10,14H2,1H3,(H,27,29). The van der Waals surface area contributed by atoms with Crippen LogP contribution in [0.3, 0.4) is 0 Å². The van der Waals surface area contributed by atoms with Crippen molar-refractivity contribution in [2.24, 2.45) is 0 Å². The molecule has 3 nitrogen and oxygen atoms in total. The minimum absolute atomic E-state index is 0.249. The Kier molecular flexibility index (Phi) is 6.11. The second-order valence-electron chi connectivity index (χ2n) is 7.11. The molecule has 30 heavy (non-hydrogen) atoms. The highest BCUT2D eigenvalue weighted by Gasteiger charge is 2.15. The molecule has 0 aliphatic heterocycles. The van der Waals surface area contributed by atoms with Gasteiger partial charge in [0.1, 0.15) is 11.6 Å². The first kappa shape index (κ1) is 20.5. The van der Waals surface area contributed by atoms with Gasteiger partial charge < -0.3 is 15.2 Å². The highest BCUT2D eigenvalue weighted by Crippen LogP contribution is 2.24. The van der Waals surface area contributed by atoms with E-state index >= 15 is 0 Å². The minimum atomic E-state index is -0.316. The van der Waals surface area contributed by atoms with Gasteiger partial charge in [-0.25, -0.2) is 8.78 Å². The number of aromatic amines is 1. The molecule has 2 aromatic carbocycles. The fraction of sp³-hybridized carbons (Fsp3) is 0.174. The molecule has 0 amide bonds. The highest BCUT2D eigenvalue weighted by molar-refractivity contribution is 7.80. The number of anilines is 1. The Morgan fingerprint density at radius 3 is 2.70 bits per heavy atom. The Bertz CT molecular complexity index is 1170. The third-order valence-electron chi connectivity index (χ3n) is 5.00. The number of thiocarbonyl (C=S) groups is 1. The molecule has 154 valence electrons. The maximum Gasteiger partial charge on any atom is 0.173 e. The SMILES string of the molecule is Cc1[nH]c2ccc(F)cc2c1CCN(Cc1cccs1)C(=S)Nc1cccc(F)c1. The van der Waals surface area contributed by atoms with Crippen LogP contribution in [0, 0.1) is 18.6 Å². The van der Waals surface area contributed by atoms with Gasteiger partial charge in [0, 0.05) is 33.7 Å². The number of nitrogens with one attached hydrogen (secondary N) is 2. The average molecular weight is 442 g/mol. The van der Waals surface area contributed by atoms with Gasteiger partial charge >= 0.3 is 0 Å². The van der Waals surface area contributed by atoms with Gasteiger partial charge in [0.2, 0.25) is 0 Å². The summed E-state index contributed by atoms with van der Waals surface area (Å²) in [6.07, 6.45) is 0.700. The van der Waals surface area contributed by atoms with Crippen LogP contribution in [0.15, 0.2) is 60.0 Å². The zero-order valence-electron chi connectivity index (χ0n) is 16.4. The van der Waals surface area contributed by atoms with Crippen molar-refractivity contribution >= 4 is 45.3 Å². The summed E-state index contributed by atoms with van der Waals surface area (Å²) in [5.41, 5.74) is 3.64. The van der Waals surface area contributed by atoms with E-state index in [4.69, 9.17) is 12.2 Å². The van der Waals surface area contributed by atoms with Crippen LogP contribution in [0.1, 0.15) is 16.1 Å². The van der Waals surface area contributed by atoms with Gasteiger partial charge in [-0.1, -0.05) is 12.1 Å². The Labute approximate surface area is 183 Å². The molecular weight excluding hydrogens is 420 g/mol. The number of halogens is 2. The molecule has 2 aromatic heterocycles. The third-order valence-corrected chi connectivity index (χ3v) is 6.22. The summed E-state index contributed by atoms with van der Waals surface area (Å²) < 4.78 is 27.3. The number of thiophene rings is 1. The monoisotopic (exact) mass is 441 g/mol. The van der Waals surface area contributed by atoms with Gasteiger partial charge in [0.15, 0.2) is 5.11 Å². The summed E-state index contributed by atoms with van der Waals surface area (Å²) in [7, 11) is 0. The number of H-pyrrole nitrogens is 1. The van der Waals surface area contributed by atoms with Gasteiger partial charge in [-0.05, 0) is 79.0 Å². The lowest BCUT2D eigenvalue weighted by molar-refractivity contribution is 0.427. The molecule has 4 rings (SSSR count). The van der Waals surface area contributed by atoms with Gasteiger partial charge in [-0.2, -0.15) is 0 Å². The molecule has 2 N–H and O–H groups in total. The molecular formula is C23H21F2N3S2. The summed E-state index contributed by atoms with van der Waals surface area (Å²) in [5.74, 6) is -0.564. The van der Waals surface area contributed by atoms with E-state index in [0.29, 0.717) is 30.3 Å². The van der Waals surface area contributed by atoms with Gasteiger partial charge in [-0.15, -0.1) is 11.3 Å². The van der Waals surface area contributed by atoms with Gasteiger partial charge in [-0.3, -0.25) is 0 Å². The summed E-state index contributed by atoms with van der Waals surface area (Å²) in [4.78, 5) is 6.57. The molecule has 0 saturated carbocycles. The van der Waals surface area contributed by atoms with Crippen molar-refractivity contribution in [3.8, 4) is 0 Å². The number of aryl methyl sites for hydroxylation is 1. The molecule has 0 saturated heterocycles. The van der Waals surface area contributed by atoms with Crippen molar-refractivity contribution in [1.29, 1.82) is 0 Å². The van der Waals surface area contributed by atoms with Gasteiger partial charge in [0.25, 0.3) is 0 Å². The van der Waals surface area contributed by atoms with Crippen molar-refractivity contribution in [1.82, 2.24) is 9.88 Å². The van der Waals surface area contributed by atoms with Crippen LogP contribution in [0.2, 0.25) is 0 Å². The molecule has 0 unspecified atom stereocenters. The predicted molar refractivity (Wildman–Crippen MR) is 124 cm³/mol. The van der Waals surface area contributed by atoms with Crippen LogP contribution < -0.4 is 5.32 Å². The molecule has 2 heterocycles. The molecule has 0 radical (unpaired) electrons. The molecule has 0 atom stereocenters.